The Hall–Kier alpha value is -1.04. The predicted molar refractivity (Wildman–Crippen MR) is 199 cm³/mol. The second kappa shape index (κ2) is 21.1. The van der Waals surface area contributed by atoms with Crippen molar-refractivity contribution in [3.63, 3.8) is 0 Å². The molecule has 0 saturated carbocycles. The Labute approximate surface area is 361 Å². The molecule has 15 N–H and O–H groups in total. The van der Waals surface area contributed by atoms with Crippen molar-refractivity contribution in [1.82, 2.24) is 0 Å². The fourth-order valence-electron chi connectivity index (χ4n) is 8.36. The number of aliphatic hydroxyl groups is 13. The molecule has 0 bridgehead atoms. The van der Waals surface area contributed by atoms with E-state index in [1.165, 1.54) is 41.5 Å². The van der Waals surface area contributed by atoms with Crippen molar-refractivity contribution in [1.29, 1.82) is 0 Å². The van der Waals surface area contributed by atoms with Gasteiger partial charge in [0.25, 0.3) is 0 Å². The molecule has 6 heterocycles. The molecule has 6 saturated heterocycles. The quantitative estimate of drug-likeness (QED) is 0.0808. The number of hydrogen-bond donors (Lipinski definition) is 14. The Morgan fingerprint density at radius 2 is 0.540 bits per heavy atom. The molecule has 0 aliphatic carbocycles. The fourth-order valence-corrected chi connectivity index (χ4v) is 8.36. The zero-order valence-electron chi connectivity index (χ0n) is 35.3. The van der Waals surface area contributed by atoms with Gasteiger partial charge in [-0.05, 0) is 41.5 Å². The lowest BCUT2D eigenvalue weighted by Gasteiger charge is -2.50. The minimum atomic E-state index is -1.98. The van der Waals surface area contributed by atoms with E-state index in [4.69, 9.17) is 62.6 Å². The molecule has 26 heteroatoms. The van der Waals surface area contributed by atoms with Crippen LogP contribution in [0.15, 0.2) is 0 Å². The zero-order valence-corrected chi connectivity index (χ0v) is 35.3. The molecule has 6 rings (SSSR count). The normalized spacial score (nSPS) is 56.0. The molecule has 0 amide bonds. The molecule has 0 aromatic carbocycles. The van der Waals surface area contributed by atoms with Gasteiger partial charge in [-0.3, -0.25) is 0 Å². The summed E-state index contributed by atoms with van der Waals surface area (Å²) in [6.07, 6.45) is -47.0. The number of hydrogen-bond acceptors (Lipinski definition) is 26. The lowest BCUT2D eigenvalue weighted by molar-refractivity contribution is -0.400. The summed E-state index contributed by atoms with van der Waals surface area (Å²) in [4.78, 5) is 0. The highest BCUT2D eigenvalue weighted by Crippen LogP contribution is 2.37. The monoisotopic (exact) mass is 923 g/mol. The Kier molecular flexibility index (Phi) is 17.2. The highest BCUT2D eigenvalue weighted by Gasteiger charge is 2.57. The Morgan fingerprint density at radius 3 is 0.905 bits per heavy atom. The number of nitrogens with two attached hydrogens (primary N) is 1. The van der Waals surface area contributed by atoms with E-state index in [0.717, 1.165) is 0 Å². The SMILES string of the molecule is C[C@@H]1O[C@@H](O[C@@H]2[C@@H](O)[C@H](C)O[C@@H](O[C@@H]3[C@@H](O)[C@H](C)O[C@@H](O[C@H]4[C@H](O[C@@H]5[C@@H](O)[C@H](C)O[C@@H](O[C@@H]6[C@@H](O)[C@H](C)O[C@@H](OCN)[C@@H]6O)[C@@H]5O)O[C@@H](C)[C@H](O)[C@H]4O)[C@@H]3O)[C@@H]2O)[C@H](O)[C@H](O)[C@H]1O. The fraction of sp³-hybridized carbons (Fsp3) is 1.00. The number of rotatable bonds is 12. The van der Waals surface area contributed by atoms with Crippen LogP contribution in [0.25, 0.3) is 0 Å². The highest BCUT2D eigenvalue weighted by molar-refractivity contribution is 4.98. The van der Waals surface area contributed by atoms with Crippen molar-refractivity contribution in [2.45, 2.75) is 226 Å². The smallest absolute Gasteiger partial charge is 0.188 e. The van der Waals surface area contributed by atoms with Crippen LogP contribution in [0, 0.1) is 0 Å². The predicted octanol–water partition coefficient (Wildman–Crippen LogP) is -7.99. The lowest BCUT2D eigenvalue weighted by Crippen LogP contribution is -2.67. The van der Waals surface area contributed by atoms with Gasteiger partial charge in [0, 0.05) is 0 Å². The van der Waals surface area contributed by atoms with Crippen molar-refractivity contribution in [2.24, 2.45) is 5.73 Å². The van der Waals surface area contributed by atoms with Crippen LogP contribution >= 0.6 is 0 Å². The van der Waals surface area contributed by atoms with Crippen LogP contribution in [0.4, 0.5) is 0 Å². The molecule has 0 aromatic rings. The lowest BCUT2D eigenvalue weighted by atomic mass is 9.95. The summed E-state index contributed by atoms with van der Waals surface area (Å²) in [6.45, 7) is 8.08. The first-order valence-electron chi connectivity index (χ1n) is 20.9. The number of aliphatic hydroxyl groups excluding tert-OH is 13. The van der Waals surface area contributed by atoms with Crippen LogP contribution in [0.5, 0.6) is 0 Å². The summed E-state index contributed by atoms with van der Waals surface area (Å²) in [5, 5.41) is 142. The first kappa shape index (κ1) is 51.4. The van der Waals surface area contributed by atoms with Crippen LogP contribution in [0.1, 0.15) is 41.5 Å². The van der Waals surface area contributed by atoms with Gasteiger partial charge in [0.1, 0.15) is 110 Å². The summed E-state index contributed by atoms with van der Waals surface area (Å²) >= 11 is 0. The third-order valence-corrected chi connectivity index (χ3v) is 12.4. The third kappa shape index (κ3) is 10.5. The molecule has 6 fully saturated rings. The molecule has 6 aliphatic heterocycles. The molecule has 368 valence electrons. The summed E-state index contributed by atoms with van der Waals surface area (Å²) < 4.78 is 68.6. The molecule has 0 unspecified atom stereocenters. The minimum absolute atomic E-state index is 0.347. The molecule has 0 spiro atoms. The van der Waals surface area contributed by atoms with E-state index >= 15 is 0 Å². The maximum atomic E-state index is 11.6. The van der Waals surface area contributed by atoms with Gasteiger partial charge in [-0.15, -0.1) is 0 Å². The second-order valence-electron chi connectivity index (χ2n) is 17.0. The first-order valence-corrected chi connectivity index (χ1v) is 20.9. The Morgan fingerprint density at radius 1 is 0.286 bits per heavy atom. The average molecular weight is 924 g/mol. The molecule has 6 aliphatic rings. The van der Waals surface area contributed by atoms with Crippen molar-refractivity contribution in [3.05, 3.63) is 0 Å². The third-order valence-electron chi connectivity index (χ3n) is 12.4. The van der Waals surface area contributed by atoms with E-state index in [9.17, 15) is 66.4 Å². The van der Waals surface area contributed by atoms with Crippen LogP contribution < -0.4 is 5.73 Å². The molecule has 26 nitrogen and oxygen atoms in total. The zero-order chi connectivity index (χ0) is 46.5. The van der Waals surface area contributed by atoms with Gasteiger partial charge in [0.15, 0.2) is 37.7 Å². The molecule has 0 radical (unpaired) electrons. The molecule has 63 heavy (non-hydrogen) atoms. The van der Waals surface area contributed by atoms with Gasteiger partial charge in [0.05, 0.1) is 43.4 Å². The van der Waals surface area contributed by atoms with E-state index in [1.54, 1.807) is 0 Å². The standard InChI is InChI=1S/C37H65NO25/c1-8-14(39)20(45)22(47)33(54-8)59-28-17(42)11(4)55-34(24(28)49)61-29-18(43)12(5)57-36(25(29)50)63-31-21(46)15(40)9(2)58-37(31)62-30-19(44)13(6)56-35(26(30)51)60-27-16(41)10(3)53-32(23(27)48)52-7-38/h8-37,39-51H,7,38H2,1-6H3/t8-,9-,10-,11-,12-,13-,14-,15-,16-,17-,18-,19-,20+,21+,22+,23+,24+,25+,26+,27+,28+,29+,30+,31+,32+,33-,34-,35-,36-,37-/m0/s1. The van der Waals surface area contributed by atoms with Crippen molar-refractivity contribution in [3.8, 4) is 0 Å². The topological polar surface area (TPSA) is 400 Å². The maximum Gasteiger partial charge on any atom is 0.188 e. The summed E-state index contributed by atoms with van der Waals surface area (Å²) in [5.41, 5.74) is 5.45. The van der Waals surface area contributed by atoms with Crippen LogP contribution in [-0.2, 0) is 56.8 Å². The van der Waals surface area contributed by atoms with E-state index in [2.05, 4.69) is 0 Å². The highest BCUT2D eigenvalue weighted by atomic mass is 16.8. The van der Waals surface area contributed by atoms with Crippen molar-refractivity contribution >= 4 is 0 Å². The Bertz CT molecular complexity index is 1450. The maximum absolute atomic E-state index is 11.6. The van der Waals surface area contributed by atoms with Gasteiger partial charge in [-0.25, -0.2) is 0 Å². The molecule has 30 atom stereocenters. The van der Waals surface area contributed by atoms with Crippen molar-refractivity contribution < 1.29 is 123 Å². The second-order valence-corrected chi connectivity index (χ2v) is 17.0. The first-order chi connectivity index (χ1) is 29.6. The Balaban J connectivity index is 1.17. The largest absolute Gasteiger partial charge is 0.388 e. The average Bonchev–Trinajstić information content (AvgIpc) is 3.24. The van der Waals surface area contributed by atoms with E-state index in [0.29, 0.717) is 0 Å². The summed E-state index contributed by atoms with van der Waals surface area (Å²) in [7, 11) is 0. The van der Waals surface area contributed by atoms with E-state index in [1.807, 2.05) is 0 Å². The van der Waals surface area contributed by atoms with E-state index < -0.39 is 184 Å². The van der Waals surface area contributed by atoms with Crippen LogP contribution in [0.2, 0.25) is 0 Å². The number of ether oxygens (including phenoxy) is 12. The van der Waals surface area contributed by atoms with Crippen LogP contribution in [0.3, 0.4) is 0 Å². The van der Waals surface area contributed by atoms with Crippen molar-refractivity contribution in [2.75, 3.05) is 6.73 Å². The van der Waals surface area contributed by atoms with Gasteiger partial charge < -0.3 is 129 Å². The summed E-state index contributed by atoms with van der Waals surface area (Å²) in [5.74, 6) is 0. The summed E-state index contributed by atoms with van der Waals surface area (Å²) in [6, 6.07) is 0. The minimum Gasteiger partial charge on any atom is -0.388 e. The molecular weight excluding hydrogens is 858 g/mol. The van der Waals surface area contributed by atoms with Gasteiger partial charge >= 0.3 is 0 Å². The molecule has 0 aromatic heterocycles. The van der Waals surface area contributed by atoms with Gasteiger partial charge in [-0.2, -0.15) is 0 Å². The van der Waals surface area contributed by atoms with Crippen LogP contribution in [-0.4, -0.2) is 257 Å². The van der Waals surface area contributed by atoms with Gasteiger partial charge in [-0.1, -0.05) is 0 Å². The molecular formula is C37H65NO25. The van der Waals surface area contributed by atoms with Gasteiger partial charge in [0.2, 0.25) is 0 Å². The van der Waals surface area contributed by atoms with E-state index in [-0.39, 0.29) is 6.73 Å².